The number of carbonyl (C=O) groups is 1. The van der Waals surface area contributed by atoms with Crippen molar-refractivity contribution in [2.75, 3.05) is 32.1 Å². The number of para-hydroxylation sites is 2. The van der Waals surface area contributed by atoms with E-state index in [9.17, 15) is 4.79 Å². The SMILES string of the molecule is CN(C)CC1Cc2ccccc2N(C(=O)CCc2cnc3ccccc3c2)C1. The monoisotopic (exact) mass is 373 g/mol. The Morgan fingerprint density at radius 2 is 1.93 bits per heavy atom. The topological polar surface area (TPSA) is 36.4 Å². The van der Waals surface area contributed by atoms with Gasteiger partial charge in [0.15, 0.2) is 0 Å². The Bertz CT molecular complexity index is 982. The van der Waals surface area contributed by atoms with Gasteiger partial charge in [-0.05, 0) is 62.2 Å². The standard InChI is InChI=1S/C24H27N3O/c1-26(2)16-19-14-21-8-4-6-10-23(21)27(17-19)24(28)12-11-18-13-20-7-3-5-9-22(20)25-15-18/h3-10,13,15,19H,11-12,14,16-17H2,1-2H3. The fourth-order valence-corrected chi connectivity index (χ4v) is 4.19. The number of pyridine rings is 1. The third kappa shape index (κ3) is 4.07. The largest absolute Gasteiger partial charge is 0.312 e. The summed E-state index contributed by atoms with van der Waals surface area (Å²) in [6, 6.07) is 18.6. The van der Waals surface area contributed by atoms with Crippen LogP contribution in [0.5, 0.6) is 0 Å². The molecule has 1 amide bonds. The first kappa shape index (κ1) is 18.6. The Hall–Kier alpha value is -2.72. The Morgan fingerprint density at radius 3 is 2.79 bits per heavy atom. The molecule has 0 saturated heterocycles. The molecule has 4 rings (SSSR count). The number of amides is 1. The molecule has 1 aromatic heterocycles. The van der Waals surface area contributed by atoms with Crippen LogP contribution in [0.2, 0.25) is 0 Å². The molecule has 0 radical (unpaired) electrons. The molecule has 1 atom stereocenters. The van der Waals surface area contributed by atoms with Crippen molar-refractivity contribution in [3.8, 4) is 0 Å². The summed E-state index contributed by atoms with van der Waals surface area (Å²) >= 11 is 0. The molecule has 0 saturated carbocycles. The van der Waals surface area contributed by atoms with E-state index in [2.05, 4.69) is 54.3 Å². The molecular formula is C24H27N3O. The molecular weight excluding hydrogens is 346 g/mol. The first-order valence-electron chi connectivity index (χ1n) is 9.97. The van der Waals surface area contributed by atoms with Gasteiger partial charge in [-0.2, -0.15) is 0 Å². The highest BCUT2D eigenvalue weighted by atomic mass is 16.2. The van der Waals surface area contributed by atoms with E-state index in [1.165, 1.54) is 5.56 Å². The van der Waals surface area contributed by atoms with Crippen molar-refractivity contribution >= 4 is 22.5 Å². The molecule has 2 aromatic carbocycles. The van der Waals surface area contributed by atoms with Crippen LogP contribution in [0, 0.1) is 5.92 Å². The van der Waals surface area contributed by atoms with Gasteiger partial charge in [-0.15, -0.1) is 0 Å². The molecule has 1 aliphatic rings. The average molecular weight is 374 g/mol. The summed E-state index contributed by atoms with van der Waals surface area (Å²) in [7, 11) is 4.19. The minimum absolute atomic E-state index is 0.198. The van der Waals surface area contributed by atoms with Crippen LogP contribution < -0.4 is 4.90 Å². The minimum Gasteiger partial charge on any atom is -0.312 e. The van der Waals surface area contributed by atoms with Crippen LogP contribution in [0.4, 0.5) is 5.69 Å². The lowest BCUT2D eigenvalue weighted by Gasteiger charge is -2.36. The van der Waals surface area contributed by atoms with Gasteiger partial charge in [0, 0.05) is 36.8 Å². The zero-order valence-electron chi connectivity index (χ0n) is 16.6. The number of hydrogen-bond donors (Lipinski definition) is 0. The number of aryl methyl sites for hydroxylation is 1. The number of rotatable bonds is 5. The summed E-state index contributed by atoms with van der Waals surface area (Å²) in [5.74, 6) is 0.667. The summed E-state index contributed by atoms with van der Waals surface area (Å²) in [6.07, 6.45) is 4.15. The summed E-state index contributed by atoms with van der Waals surface area (Å²) in [5.41, 5.74) is 4.47. The van der Waals surface area contributed by atoms with E-state index in [1.807, 2.05) is 35.4 Å². The molecule has 4 nitrogen and oxygen atoms in total. The minimum atomic E-state index is 0.198. The second-order valence-corrected chi connectivity index (χ2v) is 8.00. The average Bonchev–Trinajstić information content (AvgIpc) is 2.70. The molecule has 4 heteroatoms. The van der Waals surface area contributed by atoms with Gasteiger partial charge in [-0.1, -0.05) is 36.4 Å². The molecule has 0 bridgehead atoms. The highest BCUT2D eigenvalue weighted by Gasteiger charge is 2.28. The Morgan fingerprint density at radius 1 is 1.14 bits per heavy atom. The maximum absolute atomic E-state index is 13.1. The maximum Gasteiger partial charge on any atom is 0.227 e. The molecule has 1 unspecified atom stereocenters. The van der Waals surface area contributed by atoms with Crippen molar-refractivity contribution in [1.29, 1.82) is 0 Å². The van der Waals surface area contributed by atoms with Gasteiger partial charge in [0.05, 0.1) is 5.52 Å². The molecule has 0 N–H and O–H groups in total. The van der Waals surface area contributed by atoms with Gasteiger partial charge in [0.1, 0.15) is 0 Å². The lowest BCUT2D eigenvalue weighted by molar-refractivity contribution is -0.118. The van der Waals surface area contributed by atoms with E-state index in [0.717, 1.165) is 41.7 Å². The predicted molar refractivity (Wildman–Crippen MR) is 115 cm³/mol. The van der Waals surface area contributed by atoms with Crippen LogP contribution in [0.3, 0.4) is 0 Å². The number of carbonyl (C=O) groups excluding carboxylic acids is 1. The maximum atomic E-state index is 13.1. The van der Waals surface area contributed by atoms with Crippen LogP contribution in [-0.4, -0.2) is 43.0 Å². The highest BCUT2D eigenvalue weighted by Crippen LogP contribution is 2.30. The molecule has 28 heavy (non-hydrogen) atoms. The summed E-state index contributed by atoms with van der Waals surface area (Å²) < 4.78 is 0. The van der Waals surface area contributed by atoms with E-state index in [-0.39, 0.29) is 5.91 Å². The van der Waals surface area contributed by atoms with Crippen molar-refractivity contribution in [3.63, 3.8) is 0 Å². The lowest BCUT2D eigenvalue weighted by Crippen LogP contribution is -2.43. The highest BCUT2D eigenvalue weighted by molar-refractivity contribution is 5.94. The van der Waals surface area contributed by atoms with E-state index in [0.29, 0.717) is 18.8 Å². The van der Waals surface area contributed by atoms with Crippen LogP contribution >= 0.6 is 0 Å². The summed E-state index contributed by atoms with van der Waals surface area (Å²) in [5, 5.41) is 1.13. The van der Waals surface area contributed by atoms with E-state index in [1.54, 1.807) is 0 Å². The fraction of sp³-hybridized carbons (Fsp3) is 0.333. The van der Waals surface area contributed by atoms with Gasteiger partial charge in [0.2, 0.25) is 5.91 Å². The fourth-order valence-electron chi connectivity index (χ4n) is 4.19. The molecule has 0 spiro atoms. The first-order chi connectivity index (χ1) is 13.6. The molecule has 1 aliphatic heterocycles. The van der Waals surface area contributed by atoms with Crippen molar-refractivity contribution < 1.29 is 4.79 Å². The van der Waals surface area contributed by atoms with Crippen LogP contribution in [-0.2, 0) is 17.6 Å². The smallest absolute Gasteiger partial charge is 0.227 e. The van der Waals surface area contributed by atoms with Crippen molar-refractivity contribution in [2.24, 2.45) is 5.92 Å². The Labute approximate surface area is 166 Å². The zero-order chi connectivity index (χ0) is 19.5. The van der Waals surface area contributed by atoms with Crippen LogP contribution in [0.15, 0.2) is 60.8 Å². The van der Waals surface area contributed by atoms with Gasteiger partial charge in [0.25, 0.3) is 0 Å². The number of nitrogens with zero attached hydrogens (tertiary/aromatic N) is 3. The quantitative estimate of drug-likeness (QED) is 0.680. The molecule has 3 aromatic rings. The second-order valence-electron chi connectivity index (χ2n) is 8.00. The molecule has 0 aliphatic carbocycles. The first-order valence-corrected chi connectivity index (χ1v) is 9.97. The Balaban J connectivity index is 1.49. The zero-order valence-corrected chi connectivity index (χ0v) is 16.6. The van der Waals surface area contributed by atoms with Gasteiger partial charge >= 0.3 is 0 Å². The van der Waals surface area contributed by atoms with E-state index in [4.69, 9.17) is 0 Å². The number of anilines is 1. The van der Waals surface area contributed by atoms with E-state index >= 15 is 0 Å². The molecule has 2 heterocycles. The van der Waals surface area contributed by atoms with Crippen molar-refractivity contribution in [1.82, 2.24) is 9.88 Å². The van der Waals surface area contributed by atoms with Crippen molar-refractivity contribution in [3.05, 3.63) is 71.9 Å². The number of aromatic nitrogens is 1. The summed E-state index contributed by atoms with van der Waals surface area (Å²) in [4.78, 5) is 21.9. The summed E-state index contributed by atoms with van der Waals surface area (Å²) in [6.45, 7) is 1.79. The second kappa shape index (κ2) is 8.11. The number of hydrogen-bond acceptors (Lipinski definition) is 3. The normalized spacial score (nSPS) is 16.4. The Kier molecular flexibility index (Phi) is 5.40. The van der Waals surface area contributed by atoms with Crippen molar-refractivity contribution in [2.45, 2.75) is 19.3 Å². The predicted octanol–water partition coefficient (Wildman–Crippen LogP) is 3.93. The number of fused-ring (bicyclic) bond motifs is 2. The third-order valence-corrected chi connectivity index (χ3v) is 5.43. The van der Waals surface area contributed by atoms with Crippen LogP contribution in [0.25, 0.3) is 10.9 Å². The van der Waals surface area contributed by atoms with Gasteiger partial charge in [-0.25, -0.2) is 0 Å². The van der Waals surface area contributed by atoms with Gasteiger partial charge < -0.3 is 9.80 Å². The number of benzene rings is 2. The molecule has 0 fully saturated rings. The van der Waals surface area contributed by atoms with E-state index < -0.39 is 0 Å². The van der Waals surface area contributed by atoms with Crippen LogP contribution in [0.1, 0.15) is 17.5 Å². The van der Waals surface area contributed by atoms with Gasteiger partial charge in [-0.3, -0.25) is 9.78 Å². The molecule has 144 valence electrons. The third-order valence-electron chi connectivity index (χ3n) is 5.43. The lowest BCUT2D eigenvalue weighted by atomic mass is 9.91.